The molecule has 0 amide bonds. The molecule has 0 spiro atoms. The Labute approximate surface area is 100 Å². The Hall–Kier alpha value is -0.160. The minimum atomic E-state index is -0.352. The molecule has 0 bridgehead atoms. The molecule has 4 nitrogen and oxygen atoms in total. The van der Waals surface area contributed by atoms with E-state index in [2.05, 4.69) is 13.8 Å². The van der Waals surface area contributed by atoms with E-state index in [0.29, 0.717) is 0 Å². The summed E-state index contributed by atoms with van der Waals surface area (Å²) in [6, 6.07) is 0. The quantitative estimate of drug-likeness (QED) is 0.551. The summed E-state index contributed by atoms with van der Waals surface area (Å²) in [5.41, 5.74) is 10.4. The summed E-state index contributed by atoms with van der Waals surface area (Å²) in [6.45, 7) is 8.00. The zero-order valence-corrected chi connectivity index (χ0v) is 11.3. The van der Waals surface area contributed by atoms with E-state index in [0.717, 1.165) is 25.7 Å². The van der Waals surface area contributed by atoms with Crippen molar-refractivity contribution >= 4 is 0 Å². The summed E-state index contributed by atoms with van der Waals surface area (Å²) >= 11 is 0. The van der Waals surface area contributed by atoms with Crippen LogP contribution in [0.25, 0.3) is 0 Å². The molecule has 0 rings (SSSR count). The smallest absolute Gasteiger partial charge is 0.0608 e. The predicted molar refractivity (Wildman–Crippen MR) is 69.2 cm³/mol. The van der Waals surface area contributed by atoms with Gasteiger partial charge in [-0.05, 0) is 26.7 Å². The Balaban J connectivity index is 0. The first-order chi connectivity index (χ1) is 7.24. The number of nitrogens with two attached hydrogens (primary N) is 2. The molecule has 0 aliphatic heterocycles. The summed E-state index contributed by atoms with van der Waals surface area (Å²) in [4.78, 5) is 0. The lowest BCUT2D eigenvalue weighted by Crippen LogP contribution is -2.39. The highest BCUT2D eigenvalue weighted by molar-refractivity contribution is 4.76. The van der Waals surface area contributed by atoms with Crippen LogP contribution in [0.5, 0.6) is 0 Å². The summed E-state index contributed by atoms with van der Waals surface area (Å²) in [5, 5.41) is 17.2. The Kier molecular flexibility index (Phi) is 10.2. The molecule has 0 heterocycles. The maximum absolute atomic E-state index is 8.60. The van der Waals surface area contributed by atoms with Gasteiger partial charge < -0.3 is 21.7 Å². The van der Waals surface area contributed by atoms with E-state index in [9.17, 15) is 0 Å². The van der Waals surface area contributed by atoms with Gasteiger partial charge in [0.25, 0.3) is 0 Å². The van der Waals surface area contributed by atoms with Gasteiger partial charge in [0.15, 0.2) is 0 Å². The van der Waals surface area contributed by atoms with Gasteiger partial charge in [0.1, 0.15) is 0 Å². The van der Waals surface area contributed by atoms with Crippen LogP contribution in [0, 0.1) is 0 Å². The van der Waals surface area contributed by atoms with Gasteiger partial charge >= 0.3 is 0 Å². The SMILES string of the molecule is CCCC(C)(N)CO.CCCC(C)(N)CO. The molecular formula is C12H30N2O2. The van der Waals surface area contributed by atoms with Crippen LogP contribution in [0.1, 0.15) is 53.4 Å². The molecule has 0 saturated carbocycles. The van der Waals surface area contributed by atoms with Crippen LogP contribution in [-0.4, -0.2) is 34.5 Å². The molecule has 0 aromatic rings. The maximum atomic E-state index is 8.60. The predicted octanol–water partition coefficient (Wildman–Crippen LogP) is 0.992. The van der Waals surface area contributed by atoms with Crippen LogP contribution < -0.4 is 11.5 Å². The fourth-order valence-corrected chi connectivity index (χ4v) is 1.30. The van der Waals surface area contributed by atoms with Gasteiger partial charge in [-0.25, -0.2) is 0 Å². The highest BCUT2D eigenvalue weighted by Crippen LogP contribution is 2.06. The fraction of sp³-hybridized carbons (Fsp3) is 1.00. The molecule has 0 aromatic heterocycles. The monoisotopic (exact) mass is 234 g/mol. The van der Waals surface area contributed by atoms with Gasteiger partial charge in [-0.15, -0.1) is 0 Å². The van der Waals surface area contributed by atoms with Gasteiger partial charge in [-0.2, -0.15) is 0 Å². The van der Waals surface area contributed by atoms with Crippen molar-refractivity contribution in [2.75, 3.05) is 13.2 Å². The van der Waals surface area contributed by atoms with Crippen molar-refractivity contribution in [2.45, 2.75) is 64.5 Å². The van der Waals surface area contributed by atoms with E-state index < -0.39 is 0 Å². The number of hydrogen-bond donors (Lipinski definition) is 4. The van der Waals surface area contributed by atoms with Gasteiger partial charge in [0, 0.05) is 11.1 Å². The second-order valence-corrected chi connectivity index (χ2v) is 5.12. The minimum Gasteiger partial charge on any atom is -0.394 e. The summed E-state index contributed by atoms with van der Waals surface area (Å²) in [6.07, 6.45) is 3.86. The number of hydrogen-bond acceptors (Lipinski definition) is 4. The van der Waals surface area contributed by atoms with Gasteiger partial charge in [0.2, 0.25) is 0 Å². The molecule has 100 valence electrons. The molecule has 0 fully saturated rings. The molecule has 2 unspecified atom stereocenters. The van der Waals surface area contributed by atoms with E-state index in [-0.39, 0.29) is 24.3 Å². The van der Waals surface area contributed by atoms with E-state index in [4.69, 9.17) is 21.7 Å². The van der Waals surface area contributed by atoms with Crippen molar-refractivity contribution in [3.63, 3.8) is 0 Å². The zero-order chi connectivity index (χ0) is 13.2. The van der Waals surface area contributed by atoms with Crippen LogP contribution in [0.4, 0.5) is 0 Å². The van der Waals surface area contributed by atoms with Gasteiger partial charge in [-0.3, -0.25) is 0 Å². The van der Waals surface area contributed by atoms with Crippen molar-refractivity contribution in [3.05, 3.63) is 0 Å². The second kappa shape index (κ2) is 8.93. The number of rotatable bonds is 6. The average molecular weight is 234 g/mol. The van der Waals surface area contributed by atoms with E-state index >= 15 is 0 Å². The fourth-order valence-electron chi connectivity index (χ4n) is 1.30. The van der Waals surface area contributed by atoms with Crippen LogP contribution in [-0.2, 0) is 0 Å². The molecule has 0 saturated heterocycles. The highest BCUT2D eigenvalue weighted by atomic mass is 16.3. The third-order valence-corrected chi connectivity index (χ3v) is 2.36. The Morgan fingerprint density at radius 2 is 1.06 bits per heavy atom. The molecule has 0 aliphatic carbocycles. The first kappa shape index (κ1) is 18.2. The van der Waals surface area contributed by atoms with Crippen LogP contribution >= 0.6 is 0 Å². The van der Waals surface area contributed by atoms with Gasteiger partial charge in [0.05, 0.1) is 13.2 Å². The zero-order valence-electron chi connectivity index (χ0n) is 11.3. The third kappa shape index (κ3) is 11.9. The summed E-state index contributed by atoms with van der Waals surface area (Å²) in [7, 11) is 0. The minimum absolute atomic E-state index is 0.0842. The average Bonchev–Trinajstić information content (AvgIpc) is 2.19. The Bertz CT molecular complexity index is 141. The largest absolute Gasteiger partial charge is 0.394 e. The normalized spacial score (nSPS) is 18.0. The van der Waals surface area contributed by atoms with Crippen LogP contribution in [0.15, 0.2) is 0 Å². The lowest BCUT2D eigenvalue weighted by Gasteiger charge is -2.19. The van der Waals surface area contributed by atoms with Crippen LogP contribution in [0.2, 0.25) is 0 Å². The van der Waals surface area contributed by atoms with Crippen molar-refractivity contribution in [1.82, 2.24) is 0 Å². The molecule has 0 aromatic carbocycles. The first-order valence-electron chi connectivity index (χ1n) is 6.04. The molecule has 2 atom stereocenters. The standard InChI is InChI=1S/2C6H15NO/c2*1-3-4-6(2,7)5-8/h2*8H,3-5,7H2,1-2H3. The van der Waals surface area contributed by atoms with Gasteiger partial charge in [-0.1, -0.05) is 26.7 Å². The molecule has 16 heavy (non-hydrogen) atoms. The van der Waals surface area contributed by atoms with Crippen molar-refractivity contribution in [3.8, 4) is 0 Å². The summed E-state index contributed by atoms with van der Waals surface area (Å²) < 4.78 is 0. The molecule has 0 radical (unpaired) electrons. The topological polar surface area (TPSA) is 92.5 Å². The lowest BCUT2D eigenvalue weighted by molar-refractivity contribution is 0.199. The lowest BCUT2D eigenvalue weighted by atomic mass is 9.99. The van der Waals surface area contributed by atoms with E-state index in [1.165, 1.54) is 0 Å². The summed E-state index contributed by atoms with van der Waals surface area (Å²) in [5.74, 6) is 0. The van der Waals surface area contributed by atoms with Crippen molar-refractivity contribution in [2.24, 2.45) is 11.5 Å². The van der Waals surface area contributed by atoms with Crippen LogP contribution in [0.3, 0.4) is 0 Å². The molecule has 4 heteroatoms. The molecule has 0 aliphatic rings. The number of aliphatic hydroxyl groups excluding tert-OH is 2. The molecule has 6 N–H and O–H groups in total. The second-order valence-electron chi connectivity index (χ2n) is 5.12. The maximum Gasteiger partial charge on any atom is 0.0608 e. The van der Waals surface area contributed by atoms with Crippen molar-refractivity contribution in [1.29, 1.82) is 0 Å². The Morgan fingerprint density at radius 1 is 0.812 bits per heavy atom. The Morgan fingerprint density at radius 3 is 1.12 bits per heavy atom. The first-order valence-corrected chi connectivity index (χ1v) is 6.04. The van der Waals surface area contributed by atoms with E-state index in [1.807, 2.05) is 13.8 Å². The van der Waals surface area contributed by atoms with Crippen molar-refractivity contribution < 1.29 is 10.2 Å². The number of aliphatic hydroxyl groups is 2. The molecular weight excluding hydrogens is 204 g/mol. The van der Waals surface area contributed by atoms with E-state index in [1.54, 1.807) is 0 Å². The highest BCUT2D eigenvalue weighted by Gasteiger charge is 2.14. The third-order valence-electron chi connectivity index (χ3n) is 2.36.